The van der Waals surface area contributed by atoms with Gasteiger partial charge in [-0.15, -0.1) is 0 Å². The first kappa shape index (κ1) is 19.9. The fourth-order valence-corrected chi connectivity index (χ4v) is 3.06. The molecule has 0 heterocycles. The van der Waals surface area contributed by atoms with E-state index in [0.717, 1.165) is 32.4 Å². The van der Waals surface area contributed by atoms with Gasteiger partial charge in [-0.1, -0.05) is 45.8 Å². The number of carbonyl (C=O) groups excluding carboxylic acids is 2. The lowest BCUT2D eigenvalue weighted by molar-refractivity contribution is -0.148. The van der Waals surface area contributed by atoms with Crippen molar-refractivity contribution < 1.29 is 14.3 Å². The SMILES string of the molecule is Cc1cc(C)c(NC(=O)[C@H](C)OC(=O)/C=C/c2cccc(Br)c2)c(C)c1. The molecule has 0 saturated heterocycles. The molecule has 2 aromatic rings. The van der Waals surface area contributed by atoms with E-state index in [2.05, 4.69) is 21.2 Å². The van der Waals surface area contributed by atoms with Gasteiger partial charge in [0.1, 0.15) is 0 Å². The van der Waals surface area contributed by atoms with Gasteiger partial charge in [0, 0.05) is 16.2 Å². The Kier molecular flexibility index (Phi) is 6.75. The number of ether oxygens (including phenoxy) is 1. The minimum atomic E-state index is -0.894. The van der Waals surface area contributed by atoms with E-state index in [1.54, 1.807) is 13.0 Å². The summed E-state index contributed by atoms with van der Waals surface area (Å²) in [6.45, 7) is 7.44. The van der Waals surface area contributed by atoms with Crippen molar-refractivity contribution in [1.82, 2.24) is 0 Å². The Morgan fingerprint density at radius 1 is 1.12 bits per heavy atom. The number of hydrogen-bond acceptors (Lipinski definition) is 3. The van der Waals surface area contributed by atoms with Gasteiger partial charge in [0.05, 0.1) is 0 Å². The summed E-state index contributed by atoms with van der Waals surface area (Å²) in [6.07, 6.45) is 2.06. The van der Waals surface area contributed by atoms with Crippen molar-refractivity contribution in [3.8, 4) is 0 Å². The number of benzene rings is 2. The average molecular weight is 416 g/mol. The maximum absolute atomic E-state index is 12.3. The summed E-state index contributed by atoms with van der Waals surface area (Å²) in [4.78, 5) is 24.3. The smallest absolute Gasteiger partial charge is 0.331 e. The normalized spacial score (nSPS) is 12.0. The monoisotopic (exact) mass is 415 g/mol. The molecule has 5 heteroatoms. The second-order valence-corrected chi connectivity index (χ2v) is 7.15. The Bertz CT molecular complexity index is 835. The summed E-state index contributed by atoms with van der Waals surface area (Å²) in [6, 6.07) is 11.5. The Morgan fingerprint density at radius 2 is 1.77 bits per heavy atom. The van der Waals surface area contributed by atoms with Crippen LogP contribution < -0.4 is 5.32 Å². The maximum atomic E-state index is 12.3. The molecule has 0 spiro atoms. The van der Waals surface area contributed by atoms with E-state index in [-0.39, 0.29) is 5.91 Å². The van der Waals surface area contributed by atoms with Crippen molar-refractivity contribution in [3.05, 3.63) is 69.2 Å². The van der Waals surface area contributed by atoms with E-state index in [0.29, 0.717) is 0 Å². The molecule has 4 nitrogen and oxygen atoms in total. The molecule has 26 heavy (non-hydrogen) atoms. The van der Waals surface area contributed by atoms with Crippen LogP contribution >= 0.6 is 15.9 Å². The average Bonchev–Trinajstić information content (AvgIpc) is 2.56. The molecule has 2 aromatic carbocycles. The van der Waals surface area contributed by atoms with Gasteiger partial charge in [-0.3, -0.25) is 4.79 Å². The number of amides is 1. The fraction of sp³-hybridized carbons (Fsp3) is 0.238. The molecule has 1 amide bonds. The Labute approximate surface area is 162 Å². The van der Waals surface area contributed by atoms with E-state index in [1.807, 2.05) is 57.2 Å². The minimum absolute atomic E-state index is 0.357. The van der Waals surface area contributed by atoms with Crippen LogP contribution in [0.1, 0.15) is 29.2 Å². The van der Waals surface area contributed by atoms with Crippen LogP contribution in [0.25, 0.3) is 6.08 Å². The predicted molar refractivity (Wildman–Crippen MR) is 108 cm³/mol. The van der Waals surface area contributed by atoms with Crippen molar-refractivity contribution in [3.63, 3.8) is 0 Å². The van der Waals surface area contributed by atoms with E-state index < -0.39 is 12.1 Å². The highest BCUT2D eigenvalue weighted by atomic mass is 79.9. The topological polar surface area (TPSA) is 55.4 Å². The van der Waals surface area contributed by atoms with Crippen molar-refractivity contribution in [2.45, 2.75) is 33.8 Å². The molecule has 0 aliphatic carbocycles. The quantitative estimate of drug-likeness (QED) is 0.554. The third kappa shape index (κ3) is 5.56. The lowest BCUT2D eigenvalue weighted by Crippen LogP contribution is -2.30. The van der Waals surface area contributed by atoms with Crippen LogP contribution in [0.2, 0.25) is 0 Å². The first-order valence-electron chi connectivity index (χ1n) is 8.29. The Hall–Kier alpha value is -2.40. The van der Waals surface area contributed by atoms with Gasteiger partial charge < -0.3 is 10.1 Å². The number of aryl methyl sites for hydroxylation is 3. The highest BCUT2D eigenvalue weighted by Gasteiger charge is 2.18. The van der Waals surface area contributed by atoms with E-state index >= 15 is 0 Å². The van der Waals surface area contributed by atoms with Gasteiger partial charge in [0.25, 0.3) is 5.91 Å². The molecule has 1 N–H and O–H groups in total. The van der Waals surface area contributed by atoms with Gasteiger partial charge in [-0.2, -0.15) is 0 Å². The third-order valence-electron chi connectivity index (χ3n) is 3.85. The summed E-state index contributed by atoms with van der Waals surface area (Å²) in [5, 5.41) is 2.85. The Morgan fingerprint density at radius 3 is 2.38 bits per heavy atom. The van der Waals surface area contributed by atoms with Crippen molar-refractivity contribution in [2.24, 2.45) is 0 Å². The lowest BCUT2D eigenvalue weighted by atomic mass is 10.0. The fourth-order valence-electron chi connectivity index (χ4n) is 2.64. The first-order valence-corrected chi connectivity index (χ1v) is 9.08. The number of esters is 1. The standard InChI is InChI=1S/C21H22BrNO3/c1-13-10-14(2)20(15(3)11-13)23-21(25)16(4)26-19(24)9-8-17-6-5-7-18(22)12-17/h5-12,16H,1-4H3,(H,23,25)/b9-8+/t16-/m0/s1. The molecule has 0 radical (unpaired) electrons. The molecule has 0 aliphatic rings. The maximum Gasteiger partial charge on any atom is 0.331 e. The molecular formula is C21H22BrNO3. The summed E-state index contributed by atoms with van der Waals surface area (Å²) in [7, 11) is 0. The van der Waals surface area contributed by atoms with E-state index in [9.17, 15) is 9.59 Å². The highest BCUT2D eigenvalue weighted by Crippen LogP contribution is 2.22. The van der Waals surface area contributed by atoms with Gasteiger partial charge in [-0.05, 0) is 62.6 Å². The number of hydrogen-bond donors (Lipinski definition) is 1. The van der Waals surface area contributed by atoms with Crippen LogP contribution in [0.3, 0.4) is 0 Å². The first-order chi connectivity index (χ1) is 12.3. The number of rotatable bonds is 5. The largest absolute Gasteiger partial charge is 0.449 e. The Balaban J connectivity index is 1.97. The summed E-state index contributed by atoms with van der Waals surface area (Å²) >= 11 is 3.37. The van der Waals surface area contributed by atoms with Crippen molar-refractivity contribution >= 4 is 39.6 Å². The zero-order chi connectivity index (χ0) is 19.3. The van der Waals surface area contributed by atoms with Crippen LogP contribution in [0.15, 0.2) is 46.9 Å². The predicted octanol–water partition coefficient (Wildman–Crippen LogP) is 4.96. The molecule has 2 rings (SSSR count). The summed E-state index contributed by atoms with van der Waals surface area (Å²) in [5.41, 5.74) is 4.70. The lowest BCUT2D eigenvalue weighted by Gasteiger charge is -2.16. The van der Waals surface area contributed by atoms with Crippen molar-refractivity contribution in [1.29, 1.82) is 0 Å². The second-order valence-electron chi connectivity index (χ2n) is 6.23. The molecule has 0 bridgehead atoms. The molecule has 0 fully saturated rings. The van der Waals surface area contributed by atoms with E-state index in [1.165, 1.54) is 6.08 Å². The van der Waals surface area contributed by atoms with Crippen LogP contribution in [0.5, 0.6) is 0 Å². The number of carbonyl (C=O) groups is 2. The summed E-state index contributed by atoms with van der Waals surface area (Å²) < 4.78 is 6.11. The molecule has 0 saturated carbocycles. The van der Waals surface area contributed by atoms with Gasteiger partial charge in [0.15, 0.2) is 6.10 Å². The molecular weight excluding hydrogens is 394 g/mol. The third-order valence-corrected chi connectivity index (χ3v) is 4.34. The molecule has 136 valence electrons. The van der Waals surface area contributed by atoms with Crippen LogP contribution in [-0.4, -0.2) is 18.0 Å². The molecule has 0 aliphatic heterocycles. The molecule has 1 atom stereocenters. The second kappa shape index (κ2) is 8.81. The van der Waals surface area contributed by atoms with E-state index in [4.69, 9.17) is 4.74 Å². The minimum Gasteiger partial charge on any atom is -0.449 e. The number of anilines is 1. The van der Waals surface area contributed by atoms with Crippen molar-refractivity contribution in [2.75, 3.05) is 5.32 Å². The van der Waals surface area contributed by atoms with Crippen LogP contribution in [-0.2, 0) is 14.3 Å². The zero-order valence-electron chi connectivity index (χ0n) is 15.3. The summed E-state index contributed by atoms with van der Waals surface area (Å²) in [5.74, 6) is -0.922. The van der Waals surface area contributed by atoms with Gasteiger partial charge in [0.2, 0.25) is 0 Å². The van der Waals surface area contributed by atoms with Crippen LogP contribution in [0, 0.1) is 20.8 Å². The van der Waals surface area contributed by atoms with Gasteiger partial charge in [-0.25, -0.2) is 4.79 Å². The molecule has 0 aromatic heterocycles. The zero-order valence-corrected chi connectivity index (χ0v) is 16.9. The van der Waals surface area contributed by atoms with Crippen LogP contribution in [0.4, 0.5) is 5.69 Å². The highest BCUT2D eigenvalue weighted by molar-refractivity contribution is 9.10. The molecule has 0 unspecified atom stereocenters. The number of halogens is 1. The number of nitrogens with one attached hydrogen (secondary N) is 1. The van der Waals surface area contributed by atoms with Gasteiger partial charge >= 0.3 is 5.97 Å².